The lowest BCUT2D eigenvalue weighted by Crippen LogP contribution is -2.35. The number of allylic oxidation sites excluding steroid dienone is 1. The van der Waals surface area contributed by atoms with Gasteiger partial charge in [-0.25, -0.2) is 4.52 Å². The van der Waals surface area contributed by atoms with Gasteiger partial charge >= 0.3 is 0 Å². The van der Waals surface area contributed by atoms with Crippen LogP contribution < -0.4 is 11.1 Å². The Morgan fingerprint density at radius 2 is 2.32 bits per heavy atom. The lowest BCUT2D eigenvalue weighted by Gasteiger charge is -2.33. The van der Waals surface area contributed by atoms with E-state index in [4.69, 9.17) is 5.73 Å². The maximum Gasteiger partial charge on any atom is 0.252 e. The lowest BCUT2D eigenvalue weighted by atomic mass is 9.79. The van der Waals surface area contributed by atoms with E-state index in [2.05, 4.69) is 30.8 Å². The number of anilines is 1. The van der Waals surface area contributed by atoms with Crippen LogP contribution in [0.15, 0.2) is 37.2 Å². The second-order valence-electron chi connectivity index (χ2n) is 6.57. The van der Waals surface area contributed by atoms with Crippen molar-refractivity contribution in [2.24, 2.45) is 17.1 Å². The van der Waals surface area contributed by atoms with Gasteiger partial charge in [0.15, 0.2) is 0 Å². The number of fused-ring (bicyclic) bond motifs is 1. The summed E-state index contributed by atoms with van der Waals surface area (Å²) in [6.45, 7) is 8.43. The topological polar surface area (TPSA) is 72.4 Å². The molecule has 1 saturated carbocycles. The first kappa shape index (κ1) is 14.6. The molecule has 1 amide bonds. The van der Waals surface area contributed by atoms with E-state index in [1.165, 1.54) is 6.20 Å². The predicted octanol–water partition coefficient (Wildman–Crippen LogP) is 2.84. The molecule has 1 aliphatic carbocycles. The summed E-state index contributed by atoms with van der Waals surface area (Å²) >= 11 is 0. The van der Waals surface area contributed by atoms with E-state index >= 15 is 0 Å². The number of amides is 1. The minimum Gasteiger partial charge on any atom is -0.379 e. The van der Waals surface area contributed by atoms with E-state index in [9.17, 15) is 4.79 Å². The van der Waals surface area contributed by atoms with Gasteiger partial charge in [-0.1, -0.05) is 19.9 Å². The third kappa shape index (κ3) is 2.17. The van der Waals surface area contributed by atoms with Crippen molar-refractivity contribution in [2.75, 3.05) is 5.32 Å². The summed E-state index contributed by atoms with van der Waals surface area (Å²) in [5, 5.41) is 7.79. The number of hydrogen-bond donors (Lipinski definition) is 2. The van der Waals surface area contributed by atoms with Crippen LogP contribution in [0.4, 0.5) is 5.69 Å². The molecule has 1 aliphatic rings. The van der Waals surface area contributed by atoms with Gasteiger partial charge in [0, 0.05) is 12.2 Å². The summed E-state index contributed by atoms with van der Waals surface area (Å²) in [5.41, 5.74) is 7.68. The van der Waals surface area contributed by atoms with Crippen LogP contribution in [0.3, 0.4) is 0 Å². The molecule has 5 heteroatoms. The predicted molar refractivity (Wildman–Crippen MR) is 87.8 cm³/mol. The van der Waals surface area contributed by atoms with Crippen molar-refractivity contribution in [2.45, 2.75) is 32.7 Å². The van der Waals surface area contributed by atoms with Gasteiger partial charge in [0.1, 0.15) is 0 Å². The standard InChI is InChI=1S/C17H22N4O/c1-4-11-7-8-14(17(11,2)3)20-15-12(16(18)22)10-19-21-9-5-6-13(15)21/h4-6,9-11,14,20H,1,7-8H2,2-3H3,(H2,18,22). The molecule has 3 N–H and O–H groups in total. The SMILES string of the molecule is C=CC1CCC(Nc2c(C(N)=O)cnn3cccc23)C1(C)C. The maximum absolute atomic E-state index is 11.8. The fraction of sp³-hybridized carbons (Fsp3) is 0.412. The molecular weight excluding hydrogens is 276 g/mol. The van der Waals surface area contributed by atoms with Gasteiger partial charge < -0.3 is 11.1 Å². The Morgan fingerprint density at radius 1 is 1.55 bits per heavy atom. The zero-order valence-corrected chi connectivity index (χ0v) is 13.0. The smallest absolute Gasteiger partial charge is 0.252 e. The zero-order chi connectivity index (χ0) is 15.9. The van der Waals surface area contributed by atoms with E-state index in [0.29, 0.717) is 11.5 Å². The van der Waals surface area contributed by atoms with E-state index < -0.39 is 5.91 Å². The van der Waals surface area contributed by atoms with E-state index in [0.717, 1.165) is 24.0 Å². The van der Waals surface area contributed by atoms with Crippen LogP contribution in [0.25, 0.3) is 5.52 Å². The average molecular weight is 298 g/mol. The van der Waals surface area contributed by atoms with Crippen LogP contribution in [0.5, 0.6) is 0 Å². The highest BCUT2D eigenvalue weighted by atomic mass is 16.1. The average Bonchev–Trinajstić information content (AvgIpc) is 3.04. The number of primary amides is 1. The number of hydrogen-bond acceptors (Lipinski definition) is 3. The van der Waals surface area contributed by atoms with Crippen LogP contribution in [-0.4, -0.2) is 21.6 Å². The summed E-state index contributed by atoms with van der Waals surface area (Å²) in [6.07, 6.45) is 7.57. The second-order valence-corrected chi connectivity index (χ2v) is 6.57. The maximum atomic E-state index is 11.8. The largest absolute Gasteiger partial charge is 0.379 e. The highest BCUT2D eigenvalue weighted by molar-refractivity contribution is 6.01. The molecule has 0 spiro atoms. The number of nitrogens with one attached hydrogen (secondary N) is 1. The summed E-state index contributed by atoms with van der Waals surface area (Å²) < 4.78 is 1.75. The molecule has 2 unspecified atom stereocenters. The van der Waals surface area contributed by atoms with Crippen molar-refractivity contribution in [3.05, 3.63) is 42.7 Å². The van der Waals surface area contributed by atoms with Gasteiger partial charge in [0.05, 0.1) is 23.0 Å². The molecule has 22 heavy (non-hydrogen) atoms. The number of rotatable bonds is 4. The quantitative estimate of drug-likeness (QED) is 0.853. The van der Waals surface area contributed by atoms with Crippen LogP contribution in [-0.2, 0) is 0 Å². The van der Waals surface area contributed by atoms with Gasteiger partial charge in [0.2, 0.25) is 0 Å². The van der Waals surface area contributed by atoms with Crippen molar-refractivity contribution >= 4 is 17.1 Å². The third-order valence-electron chi connectivity index (χ3n) is 5.05. The van der Waals surface area contributed by atoms with E-state index in [1.54, 1.807) is 4.52 Å². The molecule has 5 nitrogen and oxygen atoms in total. The molecule has 116 valence electrons. The van der Waals surface area contributed by atoms with Gasteiger partial charge in [0.25, 0.3) is 5.91 Å². The Balaban J connectivity index is 2.03. The molecule has 0 aliphatic heterocycles. The van der Waals surface area contributed by atoms with E-state index in [1.807, 2.05) is 24.4 Å². The first-order chi connectivity index (χ1) is 10.4. The lowest BCUT2D eigenvalue weighted by molar-refractivity contribution is 0.100. The minimum absolute atomic E-state index is 0.0729. The molecule has 2 heterocycles. The highest BCUT2D eigenvalue weighted by Gasteiger charge is 2.41. The Morgan fingerprint density at radius 3 is 2.95 bits per heavy atom. The number of nitrogens with two attached hydrogens (primary N) is 1. The van der Waals surface area contributed by atoms with E-state index in [-0.39, 0.29) is 11.5 Å². The van der Waals surface area contributed by atoms with Crippen LogP contribution in [0, 0.1) is 11.3 Å². The Kier molecular flexibility index (Phi) is 3.43. The fourth-order valence-corrected chi connectivity index (χ4v) is 3.53. The molecule has 0 aromatic carbocycles. The Hall–Kier alpha value is -2.30. The number of carbonyl (C=O) groups excluding carboxylic acids is 1. The molecule has 0 bridgehead atoms. The molecule has 3 rings (SSSR count). The third-order valence-corrected chi connectivity index (χ3v) is 5.05. The molecule has 0 radical (unpaired) electrons. The Bertz CT molecular complexity index is 731. The monoisotopic (exact) mass is 298 g/mol. The van der Waals surface area contributed by atoms with Crippen molar-refractivity contribution in [3.63, 3.8) is 0 Å². The number of carbonyl (C=O) groups is 1. The molecule has 2 atom stereocenters. The minimum atomic E-state index is -0.463. The normalized spacial score (nSPS) is 23.5. The molecular formula is C17H22N4O. The molecule has 2 aromatic heterocycles. The summed E-state index contributed by atoms with van der Waals surface area (Å²) in [6, 6.07) is 4.11. The van der Waals surface area contributed by atoms with Crippen LogP contribution in [0.1, 0.15) is 37.0 Å². The van der Waals surface area contributed by atoms with Gasteiger partial charge in [-0.3, -0.25) is 4.79 Å². The molecule has 1 fully saturated rings. The van der Waals surface area contributed by atoms with Crippen molar-refractivity contribution < 1.29 is 4.79 Å². The molecule has 0 saturated heterocycles. The van der Waals surface area contributed by atoms with Crippen LogP contribution in [0.2, 0.25) is 0 Å². The van der Waals surface area contributed by atoms with Gasteiger partial charge in [-0.15, -0.1) is 6.58 Å². The zero-order valence-electron chi connectivity index (χ0n) is 13.0. The first-order valence-electron chi connectivity index (χ1n) is 7.60. The highest BCUT2D eigenvalue weighted by Crippen LogP contribution is 2.45. The van der Waals surface area contributed by atoms with Gasteiger partial charge in [-0.2, -0.15) is 5.10 Å². The summed E-state index contributed by atoms with van der Waals surface area (Å²) in [4.78, 5) is 11.8. The summed E-state index contributed by atoms with van der Waals surface area (Å²) in [7, 11) is 0. The van der Waals surface area contributed by atoms with Crippen LogP contribution >= 0.6 is 0 Å². The molecule has 2 aromatic rings. The van der Waals surface area contributed by atoms with Crippen molar-refractivity contribution in [1.29, 1.82) is 0 Å². The fourth-order valence-electron chi connectivity index (χ4n) is 3.53. The number of nitrogens with zero attached hydrogens (tertiary/aromatic N) is 2. The van der Waals surface area contributed by atoms with Gasteiger partial charge in [-0.05, 0) is 36.3 Å². The summed E-state index contributed by atoms with van der Waals surface area (Å²) in [5.74, 6) is 0.00134. The van der Waals surface area contributed by atoms with Crippen molar-refractivity contribution in [1.82, 2.24) is 9.61 Å². The number of aromatic nitrogens is 2. The Labute approximate surface area is 130 Å². The van der Waals surface area contributed by atoms with Crippen molar-refractivity contribution in [3.8, 4) is 0 Å². The first-order valence-corrected chi connectivity index (χ1v) is 7.60. The second kappa shape index (κ2) is 5.16.